The molecule has 1 amide bonds. The summed E-state index contributed by atoms with van der Waals surface area (Å²) in [5.74, 6) is 1.11. The number of hydrogen-bond acceptors (Lipinski definition) is 4. The molecule has 6 heteroatoms. The highest BCUT2D eigenvalue weighted by Gasteiger charge is 2.02. The SMILES string of the molecule is COc1ccc(OCCNCCC(=O)Nc2ccc(F)cc2)cc1. The molecule has 0 aromatic heterocycles. The largest absolute Gasteiger partial charge is 0.497 e. The summed E-state index contributed by atoms with van der Waals surface area (Å²) in [6.07, 6.45) is 0.333. The molecule has 0 atom stereocenters. The van der Waals surface area contributed by atoms with Gasteiger partial charge in [-0.1, -0.05) is 0 Å². The molecular formula is C18H21FN2O3. The van der Waals surface area contributed by atoms with Crippen LogP contribution in [0.3, 0.4) is 0 Å². The number of carbonyl (C=O) groups excluding carboxylic acids is 1. The summed E-state index contributed by atoms with van der Waals surface area (Å²) in [6.45, 7) is 1.68. The number of ether oxygens (including phenoxy) is 2. The second-order valence-corrected chi connectivity index (χ2v) is 5.08. The summed E-state index contributed by atoms with van der Waals surface area (Å²) in [7, 11) is 1.62. The van der Waals surface area contributed by atoms with Gasteiger partial charge >= 0.3 is 0 Å². The Labute approximate surface area is 140 Å². The number of amides is 1. The van der Waals surface area contributed by atoms with Crippen LogP contribution in [0.2, 0.25) is 0 Å². The average Bonchev–Trinajstić information content (AvgIpc) is 2.60. The van der Waals surface area contributed by atoms with Gasteiger partial charge in [-0.05, 0) is 48.5 Å². The molecule has 0 bridgehead atoms. The van der Waals surface area contributed by atoms with Crippen LogP contribution in [-0.4, -0.2) is 32.7 Å². The molecule has 5 nitrogen and oxygen atoms in total. The zero-order valence-electron chi connectivity index (χ0n) is 13.5. The van der Waals surface area contributed by atoms with Gasteiger partial charge in [-0.15, -0.1) is 0 Å². The number of halogens is 1. The van der Waals surface area contributed by atoms with Gasteiger partial charge in [0.25, 0.3) is 0 Å². The molecule has 0 unspecified atom stereocenters. The maximum atomic E-state index is 12.8. The molecule has 0 saturated heterocycles. The first-order valence-corrected chi connectivity index (χ1v) is 7.70. The first-order valence-electron chi connectivity index (χ1n) is 7.70. The number of benzene rings is 2. The summed E-state index contributed by atoms with van der Waals surface area (Å²) >= 11 is 0. The second-order valence-electron chi connectivity index (χ2n) is 5.08. The van der Waals surface area contributed by atoms with Crippen LogP contribution in [0.25, 0.3) is 0 Å². The van der Waals surface area contributed by atoms with Crippen LogP contribution >= 0.6 is 0 Å². The van der Waals surface area contributed by atoms with Crippen LogP contribution in [0.1, 0.15) is 6.42 Å². The predicted octanol–water partition coefficient (Wildman–Crippen LogP) is 2.83. The molecule has 2 N–H and O–H groups in total. The van der Waals surface area contributed by atoms with Crippen molar-refractivity contribution in [3.05, 3.63) is 54.3 Å². The fourth-order valence-electron chi connectivity index (χ4n) is 2.00. The Balaban J connectivity index is 1.55. The van der Waals surface area contributed by atoms with Crippen molar-refractivity contribution in [1.29, 1.82) is 0 Å². The van der Waals surface area contributed by atoms with Crippen molar-refractivity contribution >= 4 is 11.6 Å². The lowest BCUT2D eigenvalue weighted by molar-refractivity contribution is -0.116. The molecule has 0 heterocycles. The van der Waals surface area contributed by atoms with Crippen molar-refractivity contribution in [2.24, 2.45) is 0 Å². The minimum absolute atomic E-state index is 0.120. The molecule has 0 aliphatic carbocycles. The molecule has 2 aromatic carbocycles. The van der Waals surface area contributed by atoms with E-state index < -0.39 is 0 Å². The highest BCUT2D eigenvalue weighted by molar-refractivity contribution is 5.90. The molecule has 0 spiro atoms. The number of rotatable bonds is 9. The topological polar surface area (TPSA) is 59.6 Å². The highest BCUT2D eigenvalue weighted by atomic mass is 19.1. The van der Waals surface area contributed by atoms with Crippen molar-refractivity contribution < 1.29 is 18.7 Å². The van der Waals surface area contributed by atoms with E-state index in [4.69, 9.17) is 9.47 Å². The Morgan fingerprint density at radius 3 is 2.33 bits per heavy atom. The second kappa shape index (κ2) is 9.52. The normalized spacial score (nSPS) is 10.2. The smallest absolute Gasteiger partial charge is 0.225 e. The molecule has 0 aliphatic rings. The van der Waals surface area contributed by atoms with Crippen molar-refractivity contribution in [2.75, 3.05) is 32.1 Å². The number of hydrogen-bond donors (Lipinski definition) is 2. The van der Waals surface area contributed by atoms with Gasteiger partial charge in [0.1, 0.15) is 23.9 Å². The molecule has 24 heavy (non-hydrogen) atoms. The Hall–Kier alpha value is -2.60. The van der Waals surface area contributed by atoms with Crippen molar-refractivity contribution in [3.63, 3.8) is 0 Å². The summed E-state index contributed by atoms with van der Waals surface area (Å²) in [6, 6.07) is 13.0. The Morgan fingerprint density at radius 2 is 1.67 bits per heavy atom. The van der Waals surface area contributed by atoms with E-state index in [9.17, 15) is 9.18 Å². The molecule has 0 saturated carbocycles. The maximum Gasteiger partial charge on any atom is 0.225 e. The van der Waals surface area contributed by atoms with E-state index >= 15 is 0 Å². The fourth-order valence-corrected chi connectivity index (χ4v) is 2.00. The van der Waals surface area contributed by atoms with E-state index in [-0.39, 0.29) is 11.7 Å². The molecule has 0 aliphatic heterocycles. The van der Waals surface area contributed by atoms with Gasteiger partial charge in [-0.25, -0.2) is 4.39 Å². The third kappa shape index (κ3) is 6.26. The van der Waals surface area contributed by atoms with E-state index in [2.05, 4.69) is 10.6 Å². The standard InChI is InChI=1S/C18H21FN2O3/c1-23-16-6-8-17(9-7-16)24-13-12-20-11-10-18(22)21-15-4-2-14(19)3-5-15/h2-9,20H,10-13H2,1H3,(H,21,22). The minimum Gasteiger partial charge on any atom is -0.497 e. The van der Waals surface area contributed by atoms with Crippen LogP contribution in [0, 0.1) is 5.82 Å². The summed E-state index contributed by atoms with van der Waals surface area (Å²) in [5.41, 5.74) is 0.587. The van der Waals surface area contributed by atoms with Crippen molar-refractivity contribution in [2.45, 2.75) is 6.42 Å². The van der Waals surface area contributed by atoms with Gasteiger partial charge < -0.3 is 20.1 Å². The molecule has 0 radical (unpaired) electrons. The van der Waals surface area contributed by atoms with E-state index in [1.54, 1.807) is 7.11 Å². The first-order chi connectivity index (χ1) is 11.7. The lowest BCUT2D eigenvalue weighted by Crippen LogP contribution is -2.25. The lowest BCUT2D eigenvalue weighted by Gasteiger charge is -2.08. The van der Waals surface area contributed by atoms with Crippen LogP contribution in [0.15, 0.2) is 48.5 Å². The fraction of sp³-hybridized carbons (Fsp3) is 0.278. The summed E-state index contributed by atoms with van der Waals surface area (Å²) in [5, 5.41) is 5.84. The highest BCUT2D eigenvalue weighted by Crippen LogP contribution is 2.16. The quantitative estimate of drug-likeness (QED) is 0.693. The van der Waals surface area contributed by atoms with Crippen LogP contribution < -0.4 is 20.1 Å². The van der Waals surface area contributed by atoms with Crippen LogP contribution in [0.5, 0.6) is 11.5 Å². The number of carbonyl (C=O) groups is 1. The van der Waals surface area contributed by atoms with Crippen molar-refractivity contribution in [1.82, 2.24) is 5.32 Å². The molecule has 128 valence electrons. The lowest BCUT2D eigenvalue weighted by atomic mass is 10.3. The zero-order valence-corrected chi connectivity index (χ0v) is 13.5. The third-order valence-electron chi connectivity index (χ3n) is 3.26. The number of nitrogens with one attached hydrogen (secondary N) is 2. The average molecular weight is 332 g/mol. The molecule has 2 rings (SSSR count). The molecular weight excluding hydrogens is 311 g/mol. The van der Waals surface area contributed by atoms with Gasteiger partial charge in [-0.2, -0.15) is 0 Å². The number of methoxy groups -OCH3 is 1. The van der Waals surface area contributed by atoms with Gasteiger partial charge in [0.2, 0.25) is 5.91 Å². The minimum atomic E-state index is -0.327. The number of anilines is 1. The van der Waals surface area contributed by atoms with Crippen molar-refractivity contribution in [3.8, 4) is 11.5 Å². The first kappa shape index (κ1) is 17.7. The van der Waals surface area contributed by atoms with E-state index in [1.165, 1.54) is 24.3 Å². The monoisotopic (exact) mass is 332 g/mol. The third-order valence-corrected chi connectivity index (χ3v) is 3.26. The zero-order chi connectivity index (χ0) is 17.2. The Kier molecular flexibility index (Phi) is 7.04. The Morgan fingerprint density at radius 1 is 1.00 bits per heavy atom. The van der Waals surface area contributed by atoms with Gasteiger partial charge in [0.05, 0.1) is 7.11 Å². The Bertz CT molecular complexity index is 630. The maximum absolute atomic E-state index is 12.8. The summed E-state index contributed by atoms with van der Waals surface area (Å²) in [4.78, 5) is 11.7. The molecule has 0 fully saturated rings. The molecule has 2 aromatic rings. The van der Waals surface area contributed by atoms with E-state index in [0.29, 0.717) is 31.8 Å². The van der Waals surface area contributed by atoms with Crippen LogP contribution in [0.4, 0.5) is 10.1 Å². The van der Waals surface area contributed by atoms with Gasteiger partial charge in [0, 0.05) is 25.2 Å². The summed E-state index contributed by atoms with van der Waals surface area (Å²) < 4.78 is 23.4. The van der Waals surface area contributed by atoms with E-state index in [0.717, 1.165) is 11.5 Å². The van der Waals surface area contributed by atoms with Crippen LogP contribution in [-0.2, 0) is 4.79 Å². The van der Waals surface area contributed by atoms with Gasteiger partial charge in [-0.3, -0.25) is 4.79 Å². The van der Waals surface area contributed by atoms with E-state index in [1.807, 2.05) is 24.3 Å². The van der Waals surface area contributed by atoms with Gasteiger partial charge in [0.15, 0.2) is 0 Å². The predicted molar refractivity (Wildman–Crippen MR) is 91.0 cm³/mol.